The molecular weight excluding hydrogens is 396 g/mol. The van der Waals surface area contributed by atoms with E-state index in [-0.39, 0.29) is 16.7 Å². The quantitative estimate of drug-likeness (QED) is 0.700. The van der Waals surface area contributed by atoms with Gasteiger partial charge in [0.25, 0.3) is 0 Å². The lowest BCUT2D eigenvalue weighted by molar-refractivity contribution is -0.126. The third-order valence-corrected chi connectivity index (χ3v) is 8.04. The van der Waals surface area contributed by atoms with Gasteiger partial charge in [-0.05, 0) is 69.6 Å². The summed E-state index contributed by atoms with van der Waals surface area (Å²) in [6, 6.07) is 4.82. The maximum absolute atomic E-state index is 12.8. The highest BCUT2D eigenvalue weighted by atomic mass is 35.5. The second kappa shape index (κ2) is 9.42. The summed E-state index contributed by atoms with van der Waals surface area (Å²) in [4.78, 5) is 12.6. The first-order valence-corrected chi connectivity index (χ1v) is 11.9. The Balaban J connectivity index is 1.49. The Kier molecular flexibility index (Phi) is 7.18. The van der Waals surface area contributed by atoms with Crippen molar-refractivity contribution in [1.82, 2.24) is 9.62 Å². The largest absolute Gasteiger partial charge is 0.356 e. The number of carbonyl (C=O) groups excluding carboxylic acids is 1. The van der Waals surface area contributed by atoms with Crippen LogP contribution in [0.4, 0.5) is 0 Å². The molecule has 0 bridgehead atoms. The fourth-order valence-corrected chi connectivity index (χ4v) is 5.61. The number of nitrogens with zero attached hydrogens (tertiary/aromatic N) is 1. The number of sulfonamides is 1. The van der Waals surface area contributed by atoms with Gasteiger partial charge in [-0.25, -0.2) is 8.42 Å². The molecule has 1 amide bonds. The number of benzene rings is 1. The van der Waals surface area contributed by atoms with Crippen LogP contribution >= 0.6 is 11.6 Å². The van der Waals surface area contributed by atoms with Gasteiger partial charge in [-0.15, -0.1) is 0 Å². The molecule has 0 atom stereocenters. The molecule has 3 rings (SSSR count). The molecule has 1 heterocycles. The van der Waals surface area contributed by atoms with Crippen LogP contribution in [0.25, 0.3) is 0 Å². The Labute approximate surface area is 173 Å². The molecule has 28 heavy (non-hydrogen) atoms. The third kappa shape index (κ3) is 5.16. The van der Waals surface area contributed by atoms with Crippen LogP contribution in [0.2, 0.25) is 5.02 Å². The molecule has 1 N–H and O–H groups in total. The fraction of sp³-hybridized carbons (Fsp3) is 0.571. The van der Waals surface area contributed by atoms with Gasteiger partial charge in [0.2, 0.25) is 15.9 Å². The lowest BCUT2D eigenvalue weighted by atomic mass is 9.96. The normalized spacial score (nSPS) is 19.3. The highest BCUT2D eigenvalue weighted by Crippen LogP contribution is 2.27. The van der Waals surface area contributed by atoms with E-state index in [4.69, 9.17) is 11.6 Å². The minimum Gasteiger partial charge on any atom is -0.356 e. The number of allylic oxidation sites excluding steroid dienone is 1. The van der Waals surface area contributed by atoms with E-state index in [9.17, 15) is 13.2 Å². The van der Waals surface area contributed by atoms with Crippen molar-refractivity contribution >= 4 is 27.5 Å². The molecule has 1 aliphatic carbocycles. The first-order valence-electron chi connectivity index (χ1n) is 10.1. The number of amides is 1. The molecule has 1 aromatic carbocycles. The monoisotopic (exact) mass is 424 g/mol. The van der Waals surface area contributed by atoms with E-state index in [0.29, 0.717) is 37.5 Å². The number of nitrogens with one attached hydrogen (secondary N) is 1. The van der Waals surface area contributed by atoms with Crippen molar-refractivity contribution in [3.8, 4) is 0 Å². The van der Waals surface area contributed by atoms with Crippen molar-refractivity contribution in [1.29, 1.82) is 0 Å². The first-order chi connectivity index (χ1) is 13.4. The number of piperidine rings is 1. The fourth-order valence-electron chi connectivity index (χ4n) is 3.86. The topological polar surface area (TPSA) is 66.5 Å². The van der Waals surface area contributed by atoms with Crippen LogP contribution < -0.4 is 5.32 Å². The molecule has 154 valence electrons. The van der Waals surface area contributed by atoms with E-state index in [1.54, 1.807) is 12.1 Å². The van der Waals surface area contributed by atoms with Gasteiger partial charge >= 0.3 is 0 Å². The Morgan fingerprint density at radius 2 is 2.00 bits per heavy atom. The Morgan fingerprint density at radius 3 is 2.64 bits per heavy atom. The summed E-state index contributed by atoms with van der Waals surface area (Å²) in [5.74, 6) is -0.0692. The Hall–Kier alpha value is -1.37. The average Bonchev–Trinajstić information content (AvgIpc) is 2.71. The van der Waals surface area contributed by atoms with Gasteiger partial charge in [0.05, 0.1) is 4.90 Å². The van der Waals surface area contributed by atoms with Gasteiger partial charge in [0.1, 0.15) is 0 Å². The molecule has 1 aromatic rings. The summed E-state index contributed by atoms with van der Waals surface area (Å²) in [6.45, 7) is 3.23. The predicted octanol–water partition coefficient (Wildman–Crippen LogP) is 4.06. The van der Waals surface area contributed by atoms with Crippen LogP contribution in [0.1, 0.15) is 50.5 Å². The van der Waals surface area contributed by atoms with Crippen LogP contribution in [0.15, 0.2) is 34.7 Å². The van der Waals surface area contributed by atoms with E-state index in [1.807, 2.05) is 6.92 Å². The van der Waals surface area contributed by atoms with Crippen molar-refractivity contribution in [2.75, 3.05) is 19.6 Å². The minimum absolute atomic E-state index is 0.0480. The summed E-state index contributed by atoms with van der Waals surface area (Å²) in [5.41, 5.74) is 2.30. The number of hydrogen-bond donors (Lipinski definition) is 1. The van der Waals surface area contributed by atoms with Crippen LogP contribution in [-0.2, 0) is 14.8 Å². The van der Waals surface area contributed by atoms with Crippen LogP contribution in [0, 0.1) is 12.8 Å². The highest BCUT2D eigenvalue weighted by molar-refractivity contribution is 7.89. The number of carbonyl (C=O) groups is 1. The summed E-state index contributed by atoms with van der Waals surface area (Å²) >= 11 is 6.09. The highest BCUT2D eigenvalue weighted by Gasteiger charge is 2.32. The lowest BCUT2D eigenvalue weighted by Gasteiger charge is -2.30. The molecule has 0 spiro atoms. The molecular formula is C21H29ClN2O3S. The zero-order valence-electron chi connectivity index (χ0n) is 16.4. The van der Waals surface area contributed by atoms with E-state index in [2.05, 4.69) is 11.4 Å². The average molecular weight is 425 g/mol. The number of hydrogen-bond acceptors (Lipinski definition) is 3. The first kappa shape index (κ1) is 21.3. The summed E-state index contributed by atoms with van der Waals surface area (Å²) < 4.78 is 27.1. The SMILES string of the molecule is Cc1ccc(S(=O)(=O)N2CCC(C(=O)NCCC3=CCCCC3)CC2)cc1Cl. The van der Waals surface area contributed by atoms with Gasteiger partial charge < -0.3 is 5.32 Å². The van der Waals surface area contributed by atoms with Gasteiger partial charge in [-0.2, -0.15) is 4.31 Å². The molecule has 1 saturated heterocycles. The van der Waals surface area contributed by atoms with Crippen molar-refractivity contribution in [3.63, 3.8) is 0 Å². The lowest BCUT2D eigenvalue weighted by Crippen LogP contribution is -2.43. The molecule has 0 saturated carbocycles. The number of aryl methyl sites for hydroxylation is 1. The summed E-state index contributed by atoms with van der Waals surface area (Å²) in [6.07, 6.45) is 9.15. The second-order valence-electron chi connectivity index (χ2n) is 7.74. The molecule has 0 radical (unpaired) electrons. The molecule has 5 nitrogen and oxygen atoms in total. The molecule has 0 aromatic heterocycles. The summed E-state index contributed by atoms with van der Waals surface area (Å²) in [5, 5.41) is 3.48. The number of rotatable bonds is 6. The standard InChI is InChI=1S/C21H29ClN2O3S/c1-16-7-8-19(15-20(16)22)28(26,27)24-13-10-18(11-14-24)21(25)23-12-9-17-5-3-2-4-6-17/h5,7-8,15,18H,2-4,6,9-14H2,1H3,(H,23,25). The van der Waals surface area contributed by atoms with Crippen molar-refractivity contribution < 1.29 is 13.2 Å². The van der Waals surface area contributed by atoms with Crippen LogP contribution in [-0.4, -0.2) is 38.3 Å². The van der Waals surface area contributed by atoms with Gasteiger partial charge in [-0.1, -0.05) is 29.3 Å². The maximum atomic E-state index is 12.8. The van der Waals surface area contributed by atoms with E-state index >= 15 is 0 Å². The molecule has 2 aliphatic rings. The zero-order valence-corrected chi connectivity index (χ0v) is 18.0. The van der Waals surface area contributed by atoms with Crippen molar-refractivity contribution in [3.05, 3.63) is 40.4 Å². The smallest absolute Gasteiger partial charge is 0.243 e. The van der Waals surface area contributed by atoms with E-state index < -0.39 is 10.0 Å². The van der Waals surface area contributed by atoms with E-state index in [0.717, 1.165) is 24.8 Å². The van der Waals surface area contributed by atoms with Gasteiger partial charge in [-0.3, -0.25) is 4.79 Å². The zero-order chi connectivity index (χ0) is 20.1. The van der Waals surface area contributed by atoms with Gasteiger partial charge in [0.15, 0.2) is 0 Å². The van der Waals surface area contributed by atoms with E-state index in [1.165, 1.54) is 28.8 Å². The molecule has 7 heteroatoms. The Morgan fingerprint density at radius 1 is 1.25 bits per heavy atom. The summed E-state index contributed by atoms with van der Waals surface area (Å²) in [7, 11) is -3.57. The third-order valence-electron chi connectivity index (χ3n) is 5.74. The minimum atomic E-state index is -3.57. The van der Waals surface area contributed by atoms with Crippen molar-refractivity contribution in [2.24, 2.45) is 5.92 Å². The van der Waals surface area contributed by atoms with Crippen LogP contribution in [0.3, 0.4) is 0 Å². The number of halogens is 1. The Bertz CT molecular complexity index is 843. The second-order valence-corrected chi connectivity index (χ2v) is 10.1. The molecule has 1 fully saturated rings. The predicted molar refractivity (Wildman–Crippen MR) is 112 cm³/mol. The molecule has 1 aliphatic heterocycles. The van der Waals surface area contributed by atoms with Crippen LogP contribution in [0.5, 0.6) is 0 Å². The van der Waals surface area contributed by atoms with Gasteiger partial charge in [0, 0.05) is 30.6 Å². The maximum Gasteiger partial charge on any atom is 0.243 e. The van der Waals surface area contributed by atoms with Crippen molar-refractivity contribution in [2.45, 2.75) is 56.8 Å². The molecule has 0 unspecified atom stereocenters.